The highest BCUT2D eigenvalue weighted by Crippen LogP contribution is 2.29. The second-order valence-electron chi connectivity index (χ2n) is 4.45. The van der Waals surface area contributed by atoms with Crippen LogP contribution in [-0.4, -0.2) is 5.78 Å². The molecular formula is C15H11ClO2S. The van der Waals surface area contributed by atoms with E-state index in [1.54, 1.807) is 12.1 Å². The number of halogens is 1. The van der Waals surface area contributed by atoms with E-state index in [1.165, 1.54) is 11.3 Å². The minimum Gasteiger partial charge on any atom is -0.451 e. The molecule has 0 fully saturated rings. The minimum atomic E-state index is -0.0894. The van der Waals surface area contributed by atoms with E-state index in [4.69, 9.17) is 16.0 Å². The molecule has 0 atom stereocenters. The summed E-state index contributed by atoms with van der Waals surface area (Å²) < 4.78 is 5.59. The molecule has 0 N–H and O–H groups in total. The number of thiophene rings is 1. The van der Waals surface area contributed by atoms with Crippen molar-refractivity contribution in [2.45, 2.75) is 13.8 Å². The zero-order valence-electron chi connectivity index (χ0n) is 10.5. The lowest BCUT2D eigenvalue weighted by Gasteiger charge is -1.92. The number of fused-ring (bicyclic) bond motifs is 1. The summed E-state index contributed by atoms with van der Waals surface area (Å²) in [6.45, 7) is 4.00. The molecule has 19 heavy (non-hydrogen) atoms. The Balaban J connectivity index is 2.09. The maximum Gasteiger partial charge on any atom is 0.238 e. The van der Waals surface area contributed by atoms with E-state index in [0.29, 0.717) is 21.2 Å². The van der Waals surface area contributed by atoms with Crippen molar-refractivity contribution in [3.8, 4) is 0 Å². The Kier molecular flexibility index (Phi) is 2.96. The van der Waals surface area contributed by atoms with Crippen LogP contribution in [0, 0.1) is 13.8 Å². The lowest BCUT2D eigenvalue weighted by Crippen LogP contribution is -1.95. The lowest BCUT2D eigenvalue weighted by atomic mass is 10.2. The molecule has 2 nitrogen and oxygen atoms in total. The highest BCUT2D eigenvalue weighted by atomic mass is 35.5. The van der Waals surface area contributed by atoms with Crippen LogP contribution in [0.5, 0.6) is 0 Å². The summed E-state index contributed by atoms with van der Waals surface area (Å²) in [6.07, 6.45) is 0. The van der Waals surface area contributed by atoms with Gasteiger partial charge in [-0.3, -0.25) is 4.79 Å². The maximum absolute atomic E-state index is 12.4. The predicted octanol–water partition coefficient (Wildman–Crippen LogP) is 5.00. The van der Waals surface area contributed by atoms with E-state index < -0.39 is 0 Å². The van der Waals surface area contributed by atoms with Gasteiger partial charge in [-0.2, -0.15) is 0 Å². The number of ketones is 1. The quantitative estimate of drug-likeness (QED) is 0.622. The molecular weight excluding hydrogens is 280 g/mol. The van der Waals surface area contributed by atoms with Crippen molar-refractivity contribution in [3.05, 3.63) is 56.4 Å². The zero-order valence-corrected chi connectivity index (χ0v) is 12.1. The molecule has 1 aromatic carbocycles. The lowest BCUT2D eigenvalue weighted by molar-refractivity contribution is 0.101. The highest BCUT2D eigenvalue weighted by Gasteiger charge is 2.18. The molecule has 0 amide bonds. The van der Waals surface area contributed by atoms with E-state index in [-0.39, 0.29) is 5.78 Å². The fraction of sp³-hybridized carbons (Fsp3) is 0.133. The van der Waals surface area contributed by atoms with E-state index in [2.05, 4.69) is 0 Å². The fourth-order valence-electron chi connectivity index (χ4n) is 1.95. The van der Waals surface area contributed by atoms with Crippen LogP contribution in [0.2, 0.25) is 5.02 Å². The van der Waals surface area contributed by atoms with Gasteiger partial charge in [-0.25, -0.2) is 0 Å². The van der Waals surface area contributed by atoms with Gasteiger partial charge in [0.2, 0.25) is 5.78 Å². The van der Waals surface area contributed by atoms with Gasteiger partial charge in [0.05, 0.1) is 9.90 Å². The third-order valence-corrected chi connectivity index (χ3v) is 4.56. The monoisotopic (exact) mass is 290 g/mol. The zero-order chi connectivity index (χ0) is 13.6. The Morgan fingerprint density at radius 2 is 2.05 bits per heavy atom. The molecule has 0 aliphatic heterocycles. The van der Waals surface area contributed by atoms with Crippen molar-refractivity contribution >= 4 is 39.7 Å². The summed E-state index contributed by atoms with van der Waals surface area (Å²) in [5.41, 5.74) is 1.69. The number of para-hydroxylation sites is 1. The summed E-state index contributed by atoms with van der Waals surface area (Å²) in [5.74, 6) is 0.248. The third kappa shape index (κ3) is 2.09. The number of furan rings is 1. The molecule has 0 saturated heterocycles. The number of carbonyl (C=O) groups is 1. The topological polar surface area (TPSA) is 30.2 Å². The van der Waals surface area contributed by atoms with Gasteiger partial charge in [0.25, 0.3) is 0 Å². The van der Waals surface area contributed by atoms with Crippen LogP contribution in [0.4, 0.5) is 0 Å². The Hall–Kier alpha value is -1.58. The van der Waals surface area contributed by atoms with Crippen molar-refractivity contribution in [2.75, 3.05) is 0 Å². The fourth-order valence-corrected chi connectivity index (χ4v) is 3.15. The maximum atomic E-state index is 12.4. The molecule has 0 saturated carbocycles. The molecule has 0 aliphatic rings. The molecule has 2 heterocycles. The average Bonchev–Trinajstić information content (AvgIpc) is 2.94. The summed E-state index contributed by atoms with van der Waals surface area (Å²) in [5, 5.41) is 1.37. The first kappa shape index (κ1) is 12.5. The summed E-state index contributed by atoms with van der Waals surface area (Å²) in [6, 6.07) is 9.12. The largest absolute Gasteiger partial charge is 0.451 e. The Morgan fingerprint density at radius 3 is 2.68 bits per heavy atom. The van der Waals surface area contributed by atoms with Crippen molar-refractivity contribution in [3.63, 3.8) is 0 Å². The first-order chi connectivity index (χ1) is 9.06. The molecule has 96 valence electrons. The van der Waals surface area contributed by atoms with Gasteiger partial charge in [-0.15, -0.1) is 11.3 Å². The molecule has 0 unspecified atom stereocenters. The predicted molar refractivity (Wildman–Crippen MR) is 78.4 cm³/mol. The summed E-state index contributed by atoms with van der Waals surface area (Å²) >= 11 is 7.54. The van der Waals surface area contributed by atoms with E-state index in [1.807, 2.05) is 32.0 Å². The van der Waals surface area contributed by atoms with Crippen LogP contribution in [0.3, 0.4) is 0 Å². The van der Waals surface area contributed by atoms with Crippen molar-refractivity contribution in [1.29, 1.82) is 0 Å². The van der Waals surface area contributed by atoms with Gasteiger partial charge in [-0.05, 0) is 37.6 Å². The highest BCUT2D eigenvalue weighted by molar-refractivity contribution is 7.14. The van der Waals surface area contributed by atoms with Crippen LogP contribution in [0.25, 0.3) is 11.0 Å². The Morgan fingerprint density at radius 1 is 1.26 bits per heavy atom. The number of carbonyl (C=O) groups excluding carboxylic acids is 1. The van der Waals surface area contributed by atoms with E-state index in [9.17, 15) is 4.79 Å². The minimum absolute atomic E-state index is 0.0894. The standard InChI is InChI=1S/C15H11ClO2S/c1-8-6-13(19-9(8)2)14(17)12-7-10-4-3-5-11(16)15(10)18-12/h3-7H,1-2H3. The number of benzene rings is 1. The molecule has 4 heteroatoms. The molecule has 3 rings (SSSR count). The van der Waals surface area contributed by atoms with Gasteiger partial charge in [0.1, 0.15) is 0 Å². The van der Waals surface area contributed by atoms with Crippen LogP contribution in [0.1, 0.15) is 25.9 Å². The first-order valence-electron chi connectivity index (χ1n) is 5.86. The Labute approximate surface area is 119 Å². The number of hydrogen-bond acceptors (Lipinski definition) is 3. The van der Waals surface area contributed by atoms with E-state index in [0.717, 1.165) is 15.8 Å². The molecule has 3 aromatic rings. The summed E-state index contributed by atoms with van der Waals surface area (Å²) in [4.78, 5) is 14.2. The first-order valence-corrected chi connectivity index (χ1v) is 7.05. The van der Waals surface area contributed by atoms with Crippen LogP contribution in [-0.2, 0) is 0 Å². The number of hydrogen-bond donors (Lipinski definition) is 0. The van der Waals surface area contributed by atoms with Crippen molar-refractivity contribution in [2.24, 2.45) is 0 Å². The summed E-state index contributed by atoms with van der Waals surface area (Å²) in [7, 11) is 0. The second kappa shape index (κ2) is 4.51. The second-order valence-corrected chi connectivity index (χ2v) is 6.11. The molecule has 0 bridgehead atoms. The van der Waals surface area contributed by atoms with Crippen LogP contribution in [0.15, 0.2) is 34.7 Å². The third-order valence-electron chi connectivity index (χ3n) is 3.11. The molecule has 0 aliphatic carbocycles. The van der Waals surface area contributed by atoms with Gasteiger partial charge >= 0.3 is 0 Å². The molecule has 0 spiro atoms. The normalized spacial score (nSPS) is 11.1. The van der Waals surface area contributed by atoms with Gasteiger partial charge < -0.3 is 4.42 Å². The number of aryl methyl sites for hydroxylation is 2. The van der Waals surface area contributed by atoms with Crippen molar-refractivity contribution in [1.82, 2.24) is 0 Å². The van der Waals surface area contributed by atoms with Crippen LogP contribution < -0.4 is 0 Å². The van der Waals surface area contributed by atoms with Gasteiger partial charge in [-0.1, -0.05) is 23.7 Å². The van der Waals surface area contributed by atoms with E-state index >= 15 is 0 Å². The van der Waals surface area contributed by atoms with Crippen LogP contribution >= 0.6 is 22.9 Å². The smallest absolute Gasteiger partial charge is 0.238 e. The Bertz CT molecular complexity index is 763. The molecule has 0 radical (unpaired) electrons. The van der Waals surface area contributed by atoms with Gasteiger partial charge in [0, 0.05) is 10.3 Å². The number of rotatable bonds is 2. The SMILES string of the molecule is Cc1cc(C(=O)c2cc3cccc(Cl)c3o2)sc1C. The van der Waals surface area contributed by atoms with Gasteiger partial charge in [0.15, 0.2) is 11.3 Å². The molecule has 2 aromatic heterocycles. The average molecular weight is 291 g/mol. The van der Waals surface area contributed by atoms with Crippen molar-refractivity contribution < 1.29 is 9.21 Å².